The van der Waals surface area contributed by atoms with E-state index in [2.05, 4.69) is 33.9 Å². The van der Waals surface area contributed by atoms with Gasteiger partial charge < -0.3 is 23.9 Å². The molecule has 1 unspecified atom stereocenters. The first kappa shape index (κ1) is 24.5. The maximum absolute atomic E-state index is 12.7. The van der Waals surface area contributed by atoms with E-state index < -0.39 is 31.9 Å². The van der Waals surface area contributed by atoms with Gasteiger partial charge in [0.1, 0.15) is 5.60 Å². The summed E-state index contributed by atoms with van der Waals surface area (Å²) in [6.45, 7) is 17.8. The molecule has 1 atom stereocenters. The second-order valence-electron chi connectivity index (χ2n) is 9.67. The summed E-state index contributed by atoms with van der Waals surface area (Å²) in [5.74, 6) is -0.579. The number of aliphatic hydroxyl groups excluding tert-OH is 1. The molecule has 162 valence electrons. The van der Waals surface area contributed by atoms with E-state index in [0.717, 1.165) is 0 Å². The van der Waals surface area contributed by atoms with Crippen LogP contribution in [0.2, 0.25) is 18.1 Å². The van der Waals surface area contributed by atoms with E-state index in [4.69, 9.17) is 13.9 Å². The van der Waals surface area contributed by atoms with E-state index in [1.165, 1.54) is 4.90 Å². The number of hydrogen-bond acceptors (Lipinski definition) is 6. The highest BCUT2D eigenvalue weighted by atomic mass is 28.4. The summed E-state index contributed by atoms with van der Waals surface area (Å²) in [4.78, 5) is 26.6. The number of ether oxygens (including phenoxy) is 2. The zero-order chi connectivity index (χ0) is 21.9. The second kappa shape index (κ2) is 8.86. The van der Waals surface area contributed by atoms with Crippen molar-refractivity contribution in [2.75, 3.05) is 26.3 Å². The van der Waals surface area contributed by atoms with Crippen molar-refractivity contribution in [2.45, 2.75) is 72.2 Å². The molecule has 0 saturated carbocycles. The Labute approximate surface area is 170 Å². The lowest BCUT2D eigenvalue weighted by molar-refractivity contribution is -0.139. The first-order valence-electron chi connectivity index (χ1n) is 9.81. The van der Waals surface area contributed by atoms with Crippen molar-refractivity contribution in [3.05, 3.63) is 11.3 Å². The molecule has 0 aliphatic carbocycles. The predicted octanol–water partition coefficient (Wildman–Crippen LogP) is 3.68. The highest BCUT2D eigenvalue weighted by Crippen LogP contribution is 2.40. The summed E-state index contributed by atoms with van der Waals surface area (Å²) in [6.07, 6.45) is -0.529. The maximum Gasteiger partial charge on any atom is 0.410 e. The van der Waals surface area contributed by atoms with Gasteiger partial charge in [-0.2, -0.15) is 0 Å². The molecule has 1 rings (SSSR count). The van der Waals surface area contributed by atoms with Crippen molar-refractivity contribution in [3.8, 4) is 0 Å². The minimum atomic E-state index is -2.26. The fourth-order valence-electron chi connectivity index (χ4n) is 2.49. The van der Waals surface area contributed by atoms with E-state index in [0.29, 0.717) is 5.76 Å². The summed E-state index contributed by atoms with van der Waals surface area (Å²) in [5, 5.41) is 9.91. The maximum atomic E-state index is 12.7. The topological polar surface area (TPSA) is 85.3 Å². The highest BCUT2D eigenvalue weighted by molar-refractivity contribution is 6.74. The lowest BCUT2D eigenvalue weighted by Gasteiger charge is -2.42. The van der Waals surface area contributed by atoms with Crippen molar-refractivity contribution < 1.29 is 28.6 Å². The molecule has 1 N–H and O–H groups in total. The molecular weight excluding hydrogens is 378 g/mol. The smallest absolute Gasteiger partial charge is 0.410 e. The Kier molecular flexibility index (Phi) is 7.75. The Morgan fingerprint density at radius 2 is 1.75 bits per heavy atom. The molecule has 0 radical (unpaired) electrons. The van der Waals surface area contributed by atoms with Crippen LogP contribution in [0.15, 0.2) is 11.3 Å². The van der Waals surface area contributed by atoms with Crippen LogP contribution in [0, 0.1) is 5.92 Å². The van der Waals surface area contributed by atoms with E-state index in [-0.39, 0.29) is 36.9 Å². The second-order valence-corrected chi connectivity index (χ2v) is 14.4. The van der Waals surface area contributed by atoms with Crippen molar-refractivity contribution >= 4 is 20.4 Å². The fourth-order valence-corrected chi connectivity index (χ4v) is 3.64. The van der Waals surface area contributed by atoms with Crippen molar-refractivity contribution in [2.24, 2.45) is 5.92 Å². The van der Waals surface area contributed by atoms with E-state index in [1.807, 2.05) is 0 Å². The largest absolute Gasteiger partial charge is 0.546 e. The molecule has 0 bridgehead atoms. The van der Waals surface area contributed by atoms with Gasteiger partial charge in [0.2, 0.25) is 8.32 Å². The van der Waals surface area contributed by atoms with Gasteiger partial charge in [-0.15, -0.1) is 0 Å². The zero-order valence-corrected chi connectivity index (χ0v) is 19.8. The molecule has 7 nitrogen and oxygen atoms in total. The zero-order valence-electron chi connectivity index (χ0n) is 18.8. The van der Waals surface area contributed by atoms with Gasteiger partial charge >= 0.3 is 12.1 Å². The molecule has 0 aromatic carbocycles. The molecule has 0 spiro atoms. The Balaban J connectivity index is 3.33. The van der Waals surface area contributed by atoms with E-state index in [9.17, 15) is 14.7 Å². The number of carbonyl (C=O) groups is 2. The average Bonchev–Trinajstić information content (AvgIpc) is 2.51. The third kappa shape index (κ3) is 6.24. The quantitative estimate of drug-likeness (QED) is 0.544. The van der Waals surface area contributed by atoms with Crippen LogP contribution in [0.25, 0.3) is 0 Å². The lowest BCUT2D eigenvalue weighted by Crippen LogP contribution is -2.49. The minimum Gasteiger partial charge on any atom is -0.546 e. The molecule has 0 aromatic rings. The first-order chi connectivity index (χ1) is 12.6. The van der Waals surface area contributed by atoms with Crippen LogP contribution in [-0.4, -0.2) is 62.3 Å². The van der Waals surface area contributed by atoms with Crippen LogP contribution in [0.3, 0.4) is 0 Å². The summed E-state index contributed by atoms with van der Waals surface area (Å²) in [5.41, 5.74) is -0.375. The SMILES string of the molecule is CCOC(=O)C1=C(O[Si](C)(C)C(C)(C)C)C(CO)CN(C(=O)OC(C)(C)C)C1. The molecule has 28 heavy (non-hydrogen) atoms. The molecule has 8 heteroatoms. The van der Waals surface area contributed by atoms with Gasteiger partial charge in [-0.3, -0.25) is 0 Å². The normalized spacial score (nSPS) is 18.8. The van der Waals surface area contributed by atoms with Gasteiger partial charge in [0.25, 0.3) is 0 Å². The molecule has 1 aliphatic heterocycles. The number of esters is 1. The van der Waals surface area contributed by atoms with Crippen molar-refractivity contribution in [1.82, 2.24) is 4.90 Å². The molecular formula is C20H37NO6Si. The number of amides is 1. The Morgan fingerprint density at radius 1 is 1.18 bits per heavy atom. The van der Waals surface area contributed by atoms with E-state index in [1.54, 1.807) is 27.7 Å². The van der Waals surface area contributed by atoms with Gasteiger partial charge in [0.05, 0.1) is 37.0 Å². The van der Waals surface area contributed by atoms with Crippen LogP contribution in [0.1, 0.15) is 48.5 Å². The molecule has 1 heterocycles. The lowest BCUT2D eigenvalue weighted by atomic mass is 9.98. The van der Waals surface area contributed by atoms with Gasteiger partial charge in [0.15, 0.2) is 0 Å². The molecule has 0 saturated heterocycles. The number of nitrogens with zero attached hydrogens (tertiary/aromatic N) is 1. The van der Waals surface area contributed by atoms with Crippen molar-refractivity contribution in [1.29, 1.82) is 0 Å². The predicted molar refractivity (Wildman–Crippen MR) is 110 cm³/mol. The van der Waals surface area contributed by atoms with Crippen LogP contribution in [-0.2, 0) is 18.7 Å². The van der Waals surface area contributed by atoms with Gasteiger partial charge in [-0.1, -0.05) is 20.8 Å². The molecule has 0 aromatic heterocycles. The molecule has 0 fully saturated rings. The Bertz CT molecular complexity index is 615. The third-order valence-electron chi connectivity index (χ3n) is 5.02. The van der Waals surface area contributed by atoms with E-state index >= 15 is 0 Å². The third-order valence-corrected chi connectivity index (χ3v) is 9.37. The Hall–Kier alpha value is -1.54. The first-order valence-corrected chi connectivity index (χ1v) is 12.7. The van der Waals surface area contributed by atoms with Crippen LogP contribution in [0.4, 0.5) is 4.79 Å². The highest BCUT2D eigenvalue weighted by Gasteiger charge is 2.44. The van der Waals surface area contributed by atoms with Crippen molar-refractivity contribution in [3.63, 3.8) is 0 Å². The summed E-state index contributed by atoms with van der Waals surface area (Å²) >= 11 is 0. The standard InChI is InChI=1S/C20H37NO6Si/c1-10-25-17(23)15-12-21(18(24)26-19(2,3)4)11-14(13-22)16(15)27-28(8,9)20(5,6)7/h14,22H,10-13H2,1-9H3. The average molecular weight is 416 g/mol. The van der Waals surface area contributed by atoms with Crippen LogP contribution >= 0.6 is 0 Å². The number of rotatable bonds is 5. The Morgan fingerprint density at radius 3 is 2.18 bits per heavy atom. The summed E-state index contributed by atoms with van der Waals surface area (Å²) in [7, 11) is -2.26. The van der Waals surface area contributed by atoms with Crippen LogP contribution in [0.5, 0.6) is 0 Å². The van der Waals surface area contributed by atoms with Gasteiger partial charge in [-0.05, 0) is 45.8 Å². The number of aliphatic hydroxyl groups is 1. The molecule has 1 aliphatic rings. The minimum absolute atomic E-state index is 0.0359. The van der Waals surface area contributed by atoms with Gasteiger partial charge in [-0.25, -0.2) is 9.59 Å². The summed E-state index contributed by atoms with van der Waals surface area (Å²) in [6, 6.07) is 0. The summed E-state index contributed by atoms with van der Waals surface area (Å²) < 4.78 is 17.1. The fraction of sp³-hybridized carbons (Fsp3) is 0.800. The van der Waals surface area contributed by atoms with Gasteiger partial charge in [0, 0.05) is 6.54 Å². The van der Waals surface area contributed by atoms with Crippen LogP contribution < -0.4 is 0 Å². The monoisotopic (exact) mass is 415 g/mol. The number of carbonyl (C=O) groups excluding carboxylic acids is 2. The number of hydrogen-bond donors (Lipinski definition) is 1. The molecule has 1 amide bonds.